The molecule has 4 aromatic rings. The Morgan fingerprint density at radius 3 is 2.53 bits per heavy atom. The monoisotopic (exact) mass is 424 g/mol. The number of rotatable bonds is 5. The first-order chi connectivity index (χ1) is 14.5. The van der Waals surface area contributed by atoms with Gasteiger partial charge in [-0.05, 0) is 37.3 Å². The number of fused-ring (bicyclic) bond motifs is 1. The summed E-state index contributed by atoms with van der Waals surface area (Å²) in [6, 6.07) is 15.4. The second-order valence-electron chi connectivity index (χ2n) is 6.64. The van der Waals surface area contributed by atoms with E-state index in [4.69, 9.17) is 25.2 Å². The Labute approximate surface area is 176 Å². The molecular formula is C23H17ClO6. The lowest BCUT2D eigenvalue weighted by molar-refractivity contribution is 0.0561. The van der Waals surface area contributed by atoms with Gasteiger partial charge in [-0.3, -0.25) is 4.79 Å². The first-order valence-corrected chi connectivity index (χ1v) is 9.47. The number of benzene rings is 2. The van der Waals surface area contributed by atoms with E-state index in [1.54, 1.807) is 18.2 Å². The maximum Gasteiger partial charge on any atom is 0.373 e. The number of hydrogen-bond donors (Lipinski definition) is 0. The number of halogens is 1. The standard InChI is InChI=1S/C23H17ClO6/c1-13-3-5-14(6-4-13)21-22(20(25)17-11-15(24)7-9-18(17)30-21)28-12-16-8-10-19(29-16)23(26)27-2/h3-11H,12H2,1-2H3. The van der Waals surface area contributed by atoms with E-state index < -0.39 is 5.97 Å². The van der Waals surface area contributed by atoms with Crippen molar-refractivity contribution in [3.05, 3.63) is 86.9 Å². The SMILES string of the molecule is COC(=O)c1ccc(COc2c(-c3ccc(C)cc3)oc3ccc(Cl)cc3c2=O)o1. The highest BCUT2D eigenvalue weighted by Crippen LogP contribution is 2.32. The molecule has 0 atom stereocenters. The maximum atomic E-state index is 13.2. The summed E-state index contributed by atoms with van der Waals surface area (Å²) in [5, 5.41) is 0.723. The molecule has 6 nitrogen and oxygen atoms in total. The van der Waals surface area contributed by atoms with Crippen LogP contribution in [0.2, 0.25) is 5.02 Å². The number of hydrogen-bond acceptors (Lipinski definition) is 6. The van der Waals surface area contributed by atoms with Crippen molar-refractivity contribution in [2.75, 3.05) is 7.11 Å². The van der Waals surface area contributed by atoms with Crippen molar-refractivity contribution in [3.8, 4) is 17.1 Å². The van der Waals surface area contributed by atoms with Crippen molar-refractivity contribution in [2.45, 2.75) is 13.5 Å². The predicted octanol–water partition coefficient (Wildman–Crippen LogP) is 5.38. The second-order valence-corrected chi connectivity index (χ2v) is 7.08. The molecule has 0 aliphatic heterocycles. The zero-order valence-electron chi connectivity index (χ0n) is 16.2. The summed E-state index contributed by atoms with van der Waals surface area (Å²) in [6.45, 7) is 1.89. The Bertz CT molecular complexity index is 1280. The van der Waals surface area contributed by atoms with Crippen LogP contribution in [0.1, 0.15) is 21.9 Å². The van der Waals surface area contributed by atoms with E-state index in [0.717, 1.165) is 5.56 Å². The third-order valence-corrected chi connectivity index (χ3v) is 4.77. The van der Waals surface area contributed by atoms with Crippen molar-refractivity contribution >= 4 is 28.5 Å². The Morgan fingerprint density at radius 1 is 1.03 bits per heavy atom. The van der Waals surface area contributed by atoms with E-state index in [9.17, 15) is 9.59 Å². The summed E-state index contributed by atoms with van der Waals surface area (Å²) >= 11 is 6.06. The van der Waals surface area contributed by atoms with Gasteiger partial charge in [-0.15, -0.1) is 0 Å². The summed E-state index contributed by atoms with van der Waals surface area (Å²) in [7, 11) is 1.26. The van der Waals surface area contributed by atoms with Crippen LogP contribution < -0.4 is 10.2 Å². The molecule has 0 saturated carbocycles. The Kier molecular flexibility index (Phi) is 5.33. The molecule has 7 heteroatoms. The van der Waals surface area contributed by atoms with Crippen molar-refractivity contribution in [1.29, 1.82) is 0 Å². The van der Waals surface area contributed by atoms with Crippen molar-refractivity contribution < 1.29 is 23.1 Å². The molecule has 0 aliphatic rings. The van der Waals surface area contributed by atoms with E-state index in [0.29, 0.717) is 33.1 Å². The minimum atomic E-state index is -0.596. The van der Waals surface area contributed by atoms with Crippen LogP contribution in [0.15, 0.2) is 68.2 Å². The van der Waals surface area contributed by atoms with Gasteiger partial charge >= 0.3 is 5.97 Å². The lowest BCUT2D eigenvalue weighted by Gasteiger charge is -2.11. The molecule has 2 aromatic carbocycles. The molecular weight excluding hydrogens is 408 g/mol. The molecule has 0 unspecified atom stereocenters. The van der Waals surface area contributed by atoms with Gasteiger partial charge in [-0.2, -0.15) is 0 Å². The summed E-state index contributed by atoms with van der Waals surface area (Å²) in [6.07, 6.45) is 0. The van der Waals surface area contributed by atoms with Crippen LogP contribution >= 0.6 is 11.6 Å². The largest absolute Gasteiger partial charge is 0.478 e. The van der Waals surface area contributed by atoms with Crippen LogP contribution in [0, 0.1) is 6.92 Å². The Morgan fingerprint density at radius 2 is 1.80 bits per heavy atom. The van der Waals surface area contributed by atoms with Gasteiger partial charge in [0.15, 0.2) is 5.76 Å². The number of carbonyl (C=O) groups is 1. The highest BCUT2D eigenvalue weighted by Gasteiger charge is 2.19. The van der Waals surface area contributed by atoms with Gasteiger partial charge < -0.3 is 18.3 Å². The fourth-order valence-corrected chi connectivity index (χ4v) is 3.16. The van der Waals surface area contributed by atoms with Crippen molar-refractivity contribution in [1.82, 2.24) is 0 Å². The van der Waals surface area contributed by atoms with Gasteiger partial charge in [0.25, 0.3) is 0 Å². The number of esters is 1. The Hall–Kier alpha value is -3.51. The third-order valence-electron chi connectivity index (χ3n) is 4.53. The van der Waals surface area contributed by atoms with Crippen LogP contribution in [0.25, 0.3) is 22.3 Å². The van der Waals surface area contributed by atoms with Gasteiger partial charge in [0.2, 0.25) is 16.9 Å². The predicted molar refractivity (Wildman–Crippen MR) is 112 cm³/mol. The van der Waals surface area contributed by atoms with E-state index in [1.165, 1.54) is 19.2 Å². The molecule has 152 valence electrons. The molecule has 0 amide bonds. The molecule has 0 saturated heterocycles. The van der Waals surface area contributed by atoms with E-state index in [2.05, 4.69) is 4.74 Å². The third kappa shape index (κ3) is 3.82. The summed E-state index contributed by atoms with van der Waals surface area (Å²) in [5.41, 5.74) is 1.81. The van der Waals surface area contributed by atoms with Crippen LogP contribution in [0.4, 0.5) is 0 Å². The highest BCUT2D eigenvalue weighted by molar-refractivity contribution is 6.31. The molecule has 0 radical (unpaired) electrons. The minimum Gasteiger partial charge on any atom is -0.478 e. The first kappa shape index (κ1) is 19.8. The van der Waals surface area contributed by atoms with Crippen LogP contribution in [0.3, 0.4) is 0 Å². The fourth-order valence-electron chi connectivity index (χ4n) is 2.99. The van der Waals surface area contributed by atoms with Gasteiger partial charge in [-0.1, -0.05) is 41.4 Å². The minimum absolute atomic E-state index is 0.0321. The van der Waals surface area contributed by atoms with Crippen LogP contribution in [-0.2, 0) is 11.3 Å². The Balaban J connectivity index is 1.78. The average molecular weight is 425 g/mol. The molecule has 0 N–H and O–H groups in total. The first-order valence-electron chi connectivity index (χ1n) is 9.09. The van der Waals surface area contributed by atoms with Crippen LogP contribution in [-0.4, -0.2) is 13.1 Å². The lowest BCUT2D eigenvalue weighted by Crippen LogP contribution is -2.10. The smallest absolute Gasteiger partial charge is 0.373 e. The highest BCUT2D eigenvalue weighted by atomic mass is 35.5. The maximum absolute atomic E-state index is 13.2. The molecule has 0 fully saturated rings. The van der Waals surface area contributed by atoms with Crippen molar-refractivity contribution in [2.24, 2.45) is 0 Å². The van der Waals surface area contributed by atoms with Crippen molar-refractivity contribution in [3.63, 3.8) is 0 Å². The fraction of sp³-hybridized carbons (Fsp3) is 0.130. The number of carbonyl (C=O) groups excluding carboxylic acids is 1. The molecule has 0 bridgehead atoms. The second kappa shape index (κ2) is 8.08. The molecule has 4 rings (SSSR count). The molecule has 30 heavy (non-hydrogen) atoms. The van der Waals surface area contributed by atoms with E-state index in [1.807, 2.05) is 31.2 Å². The van der Waals surface area contributed by atoms with E-state index in [-0.39, 0.29) is 23.5 Å². The molecule has 2 aromatic heterocycles. The summed E-state index contributed by atoms with van der Waals surface area (Å²) in [4.78, 5) is 24.7. The topological polar surface area (TPSA) is 78.9 Å². The normalized spacial score (nSPS) is 10.9. The zero-order chi connectivity index (χ0) is 21.3. The summed E-state index contributed by atoms with van der Waals surface area (Å²) < 4.78 is 21.9. The van der Waals surface area contributed by atoms with Gasteiger partial charge in [0, 0.05) is 10.6 Å². The van der Waals surface area contributed by atoms with Gasteiger partial charge in [0.05, 0.1) is 12.5 Å². The molecule has 0 spiro atoms. The average Bonchev–Trinajstić information content (AvgIpc) is 3.22. The van der Waals surface area contributed by atoms with E-state index >= 15 is 0 Å². The number of ether oxygens (including phenoxy) is 2. The number of furan rings is 1. The van der Waals surface area contributed by atoms with Crippen LogP contribution in [0.5, 0.6) is 5.75 Å². The molecule has 0 aliphatic carbocycles. The van der Waals surface area contributed by atoms with Gasteiger partial charge in [-0.25, -0.2) is 4.79 Å². The zero-order valence-corrected chi connectivity index (χ0v) is 17.0. The summed E-state index contributed by atoms with van der Waals surface area (Å²) in [5.74, 6) is 0.142. The number of aryl methyl sites for hydroxylation is 1. The quantitative estimate of drug-likeness (QED) is 0.400. The molecule has 2 heterocycles. The lowest BCUT2D eigenvalue weighted by atomic mass is 10.1. The van der Waals surface area contributed by atoms with Gasteiger partial charge in [0.1, 0.15) is 18.0 Å². The number of methoxy groups -OCH3 is 1.